The fraction of sp³-hybridized carbons (Fsp3) is 0.375. The van der Waals surface area contributed by atoms with Crippen LogP contribution >= 0.6 is 0 Å². The van der Waals surface area contributed by atoms with Gasteiger partial charge in [0.15, 0.2) is 0 Å². The lowest BCUT2D eigenvalue weighted by atomic mass is 9.84. The smallest absolute Gasteiger partial charge is 0.0132 e. The second kappa shape index (κ2) is 3.62. The van der Waals surface area contributed by atoms with Gasteiger partial charge in [-0.3, -0.25) is 0 Å². The predicted octanol–water partition coefficient (Wildman–Crippen LogP) is 4.75. The summed E-state index contributed by atoms with van der Waals surface area (Å²) in [7, 11) is 0. The lowest BCUT2D eigenvalue weighted by Crippen LogP contribution is -2.11. The van der Waals surface area contributed by atoms with E-state index in [0.29, 0.717) is 0 Å². The highest BCUT2D eigenvalue weighted by Crippen LogP contribution is 2.29. The molecule has 0 unspecified atom stereocenters. The van der Waals surface area contributed by atoms with Crippen LogP contribution in [-0.4, -0.2) is 0 Å². The van der Waals surface area contributed by atoms with Crippen LogP contribution in [0.5, 0.6) is 0 Å². The molecule has 84 valence electrons. The molecule has 0 spiro atoms. The molecule has 0 aromatic heterocycles. The van der Waals surface area contributed by atoms with Gasteiger partial charge in [0.25, 0.3) is 0 Å². The van der Waals surface area contributed by atoms with Crippen molar-refractivity contribution < 1.29 is 0 Å². The van der Waals surface area contributed by atoms with Crippen molar-refractivity contribution >= 4 is 10.8 Å². The first kappa shape index (κ1) is 11.2. The summed E-state index contributed by atoms with van der Waals surface area (Å²) < 4.78 is 0. The zero-order valence-corrected chi connectivity index (χ0v) is 10.9. The van der Waals surface area contributed by atoms with E-state index in [4.69, 9.17) is 0 Å². The monoisotopic (exact) mass is 212 g/mol. The van der Waals surface area contributed by atoms with E-state index in [0.717, 1.165) is 0 Å². The van der Waals surface area contributed by atoms with Crippen molar-refractivity contribution in [1.29, 1.82) is 0 Å². The van der Waals surface area contributed by atoms with Crippen molar-refractivity contribution in [2.24, 2.45) is 0 Å². The summed E-state index contributed by atoms with van der Waals surface area (Å²) in [5.41, 5.74) is 4.36. The number of hydrogen-bond acceptors (Lipinski definition) is 0. The molecule has 16 heavy (non-hydrogen) atoms. The lowest BCUT2D eigenvalue weighted by Gasteiger charge is -2.20. The molecular weight excluding hydrogens is 192 g/mol. The van der Waals surface area contributed by atoms with E-state index < -0.39 is 0 Å². The molecule has 0 saturated carbocycles. The predicted molar refractivity (Wildman–Crippen MR) is 72.1 cm³/mol. The topological polar surface area (TPSA) is 0 Å². The molecule has 0 radical (unpaired) electrons. The molecule has 2 aromatic carbocycles. The summed E-state index contributed by atoms with van der Waals surface area (Å²) in [6.07, 6.45) is 0. The summed E-state index contributed by atoms with van der Waals surface area (Å²) in [5, 5.41) is 2.74. The molecule has 2 rings (SSSR count). The minimum absolute atomic E-state index is 0.226. The van der Waals surface area contributed by atoms with E-state index in [-0.39, 0.29) is 5.41 Å². The molecule has 0 atom stereocenters. The molecule has 0 bridgehead atoms. The average molecular weight is 212 g/mol. The maximum Gasteiger partial charge on any atom is -0.0132 e. The Bertz CT molecular complexity index is 527. The van der Waals surface area contributed by atoms with Crippen molar-refractivity contribution in [2.75, 3.05) is 0 Å². The highest BCUT2D eigenvalue weighted by molar-refractivity contribution is 5.87. The van der Waals surface area contributed by atoms with E-state index in [2.05, 4.69) is 65.0 Å². The highest BCUT2D eigenvalue weighted by atomic mass is 14.2. The first-order valence-corrected chi connectivity index (χ1v) is 5.89. The van der Waals surface area contributed by atoms with Crippen LogP contribution in [0.3, 0.4) is 0 Å². The van der Waals surface area contributed by atoms with E-state index >= 15 is 0 Å². The third kappa shape index (κ3) is 1.97. The van der Waals surface area contributed by atoms with E-state index in [9.17, 15) is 0 Å². The first-order chi connectivity index (χ1) is 7.38. The molecule has 0 amide bonds. The molecule has 0 nitrogen and oxygen atoms in total. The molecule has 0 N–H and O–H groups in total. The molecule has 0 aliphatic carbocycles. The van der Waals surface area contributed by atoms with Crippen LogP contribution in [0.1, 0.15) is 37.5 Å². The largest absolute Gasteiger partial charge is 0.0587 e. The van der Waals surface area contributed by atoms with Gasteiger partial charge in [-0.1, -0.05) is 56.7 Å². The summed E-state index contributed by atoms with van der Waals surface area (Å²) in [6, 6.07) is 11.3. The Morgan fingerprint density at radius 2 is 1.56 bits per heavy atom. The Balaban J connectivity index is 2.74. The summed E-state index contributed by atoms with van der Waals surface area (Å²) >= 11 is 0. The molecule has 0 heterocycles. The van der Waals surface area contributed by atoms with Crippen molar-refractivity contribution in [3.8, 4) is 0 Å². The minimum Gasteiger partial charge on any atom is -0.0587 e. The van der Waals surface area contributed by atoms with Crippen LogP contribution in [-0.2, 0) is 5.41 Å². The maximum absolute atomic E-state index is 2.32. The number of rotatable bonds is 0. The summed E-state index contributed by atoms with van der Waals surface area (Å²) in [5.74, 6) is 0. The highest BCUT2D eigenvalue weighted by Gasteiger charge is 2.14. The standard InChI is InChI=1S/C16H20/c1-11-6-7-13-10-14(16(3,4)5)9-12(2)15(13)8-11/h6-10H,1-5H3. The van der Waals surface area contributed by atoms with Crippen LogP contribution in [0.25, 0.3) is 10.8 Å². The third-order valence-corrected chi connectivity index (χ3v) is 3.18. The Morgan fingerprint density at radius 1 is 0.875 bits per heavy atom. The van der Waals surface area contributed by atoms with Crippen LogP contribution < -0.4 is 0 Å². The zero-order chi connectivity index (χ0) is 11.9. The van der Waals surface area contributed by atoms with Gasteiger partial charge in [-0.25, -0.2) is 0 Å². The molecule has 2 aromatic rings. The van der Waals surface area contributed by atoms with Gasteiger partial charge >= 0.3 is 0 Å². The number of aryl methyl sites for hydroxylation is 2. The molecule has 0 saturated heterocycles. The van der Waals surface area contributed by atoms with Crippen molar-refractivity contribution in [3.05, 3.63) is 47.0 Å². The Kier molecular flexibility index (Phi) is 2.53. The lowest BCUT2D eigenvalue weighted by molar-refractivity contribution is 0.590. The van der Waals surface area contributed by atoms with Gasteiger partial charge in [0, 0.05) is 0 Å². The average Bonchev–Trinajstić information content (AvgIpc) is 2.17. The molecular formula is C16H20. The van der Waals surface area contributed by atoms with Crippen molar-refractivity contribution in [1.82, 2.24) is 0 Å². The van der Waals surface area contributed by atoms with Crippen LogP contribution in [0, 0.1) is 13.8 Å². The van der Waals surface area contributed by atoms with Crippen LogP contribution in [0.15, 0.2) is 30.3 Å². The maximum atomic E-state index is 2.32. The van der Waals surface area contributed by atoms with E-state index in [1.807, 2.05) is 0 Å². The van der Waals surface area contributed by atoms with E-state index in [1.54, 1.807) is 0 Å². The molecule has 0 heteroatoms. The van der Waals surface area contributed by atoms with Crippen molar-refractivity contribution in [2.45, 2.75) is 40.0 Å². The summed E-state index contributed by atoms with van der Waals surface area (Å²) in [4.78, 5) is 0. The Morgan fingerprint density at radius 3 is 2.19 bits per heavy atom. The summed E-state index contributed by atoms with van der Waals surface area (Å²) in [6.45, 7) is 11.2. The van der Waals surface area contributed by atoms with Gasteiger partial charge < -0.3 is 0 Å². The fourth-order valence-corrected chi connectivity index (χ4v) is 2.09. The fourth-order valence-electron chi connectivity index (χ4n) is 2.09. The minimum atomic E-state index is 0.226. The van der Waals surface area contributed by atoms with Crippen LogP contribution in [0.4, 0.5) is 0 Å². The molecule has 0 aliphatic heterocycles. The van der Waals surface area contributed by atoms with Gasteiger partial charge in [-0.05, 0) is 41.2 Å². The quantitative estimate of drug-likeness (QED) is 0.591. The van der Waals surface area contributed by atoms with Gasteiger partial charge in [-0.2, -0.15) is 0 Å². The third-order valence-electron chi connectivity index (χ3n) is 3.18. The SMILES string of the molecule is Cc1ccc2cc(C(C)(C)C)cc(C)c2c1. The second-order valence-electron chi connectivity index (χ2n) is 5.77. The second-order valence-corrected chi connectivity index (χ2v) is 5.77. The Labute approximate surface area is 98.3 Å². The first-order valence-electron chi connectivity index (χ1n) is 5.89. The van der Waals surface area contributed by atoms with E-state index in [1.165, 1.54) is 27.5 Å². The Hall–Kier alpha value is -1.30. The number of hydrogen-bond donors (Lipinski definition) is 0. The normalized spacial score (nSPS) is 12.1. The zero-order valence-electron chi connectivity index (χ0n) is 10.9. The number of fused-ring (bicyclic) bond motifs is 1. The molecule has 0 fully saturated rings. The number of benzene rings is 2. The van der Waals surface area contributed by atoms with Gasteiger partial charge in [-0.15, -0.1) is 0 Å². The van der Waals surface area contributed by atoms with Gasteiger partial charge in [0.2, 0.25) is 0 Å². The van der Waals surface area contributed by atoms with Gasteiger partial charge in [0.1, 0.15) is 0 Å². The van der Waals surface area contributed by atoms with Crippen molar-refractivity contribution in [3.63, 3.8) is 0 Å². The molecule has 0 aliphatic rings. The van der Waals surface area contributed by atoms with Gasteiger partial charge in [0.05, 0.1) is 0 Å². The van der Waals surface area contributed by atoms with Crippen LogP contribution in [0.2, 0.25) is 0 Å².